The van der Waals surface area contributed by atoms with Gasteiger partial charge in [-0.25, -0.2) is 0 Å². The average molecular weight is 340 g/mol. The fourth-order valence-electron chi connectivity index (χ4n) is 2.74. The number of nitrogens with one attached hydrogen (secondary N) is 2. The number of ether oxygens (including phenoxy) is 1. The minimum Gasteiger partial charge on any atom is -0.507 e. The van der Waals surface area contributed by atoms with E-state index in [2.05, 4.69) is 10.6 Å². The van der Waals surface area contributed by atoms with Crippen LogP contribution in [0.2, 0.25) is 0 Å². The predicted molar refractivity (Wildman–Crippen MR) is 92.8 cm³/mol. The van der Waals surface area contributed by atoms with Crippen molar-refractivity contribution in [2.75, 3.05) is 19.7 Å². The SMILES string of the molecule is O=C(Cc1ccc2c(c1)CCO2)NCCNC(=O)c1ccccc1O. The summed E-state index contributed by atoms with van der Waals surface area (Å²) in [5.41, 5.74) is 2.30. The molecule has 130 valence electrons. The van der Waals surface area contributed by atoms with E-state index in [9.17, 15) is 14.7 Å². The number of hydrogen-bond acceptors (Lipinski definition) is 4. The zero-order chi connectivity index (χ0) is 17.6. The van der Waals surface area contributed by atoms with Crippen LogP contribution in [0.5, 0.6) is 11.5 Å². The van der Waals surface area contributed by atoms with Gasteiger partial charge in [0.1, 0.15) is 11.5 Å². The van der Waals surface area contributed by atoms with Crippen LogP contribution in [0.1, 0.15) is 21.5 Å². The molecule has 0 fully saturated rings. The molecule has 2 aromatic rings. The molecule has 25 heavy (non-hydrogen) atoms. The second kappa shape index (κ2) is 7.70. The molecule has 1 aliphatic rings. The highest BCUT2D eigenvalue weighted by atomic mass is 16.5. The largest absolute Gasteiger partial charge is 0.507 e. The Labute approximate surface area is 145 Å². The standard InChI is InChI=1S/C19H20N2O4/c22-16-4-2-1-3-15(16)19(24)21-9-8-20-18(23)12-13-5-6-17-14(11-13)7-10-25-17/h1-6,11,22H,7-10,12H2,(H,20,23)(H,21,24). The molecular formula is C19H20N2O4. The summed E-state index contributed by atoms with van der Waals surface area (Å²) in [6.07, 6.45) is 1.17. The first kappa shape index (κ1) is 16.8. The van der Waals surface area contributed by atoms with Crippen LogP contribution in [0, 0.1) is 0 Å². The Bertz CT molecular complexity index is 789. The highest BCUT2D eigenvalue weighted by Crippen LogP contribution is 2.25. The summed E-state index contributed by atoms with van der Waals surface area (Å²) in [5.74, 6) is 0.363. The van der Waals surface area contributed by atoms with Crippen LogP contribution < -0.4 is 15.4 Å². The lowest BCUT2D eigenvalue weighted by atomic mass is 10.1. The van der Waals surface area contributed by atoms with Crippen molar-refractivity contribution in [3.05, 3.63) is 59.2 Å². The Morgan fingerprint density at radius 2 is 1.88 bits per heavy atom. The third-order valence-corrected chi connectivity index (χ3v) is 4.00. The van der Waals surface area contributed by atoms with Gasteiger partial charge in [0, 0.05) is 19.5 Å². The molecule has 0 aliphatic carbocycles. The maximum absolute atomic E-state index is 12.0. The Balaban J connectivity index is 1.41. The first-order valence-corrected chi connectivity index (χ1v) is 8.21. The molecule has 1 heterocycles. The van der Waals surface area contributed by atoms with Crippen molar-refractivity contribution in [2.45, 2.75) is 12.8 Å². The molecule has 0 radical (unpaired) electrons. The summed E-state index contributed by atoms with van der Waals surface area (Å²) >= 11 is 0. The van der Waals surface area contributed by atoms with Crippen molar-refractivity contribution in [1.82, 2.24) is 10.6 Å². The van der Waals surface area contributed by atoms with Crippen molar-refractivity contribution in [3.8, 4) is 11.5 Å². The number of hydrogen-bond donors (Lipinski definition) is 3. The van der Waals surface area contributed by atoms with Crippen LogP contribution in [-0.4, -0.2) is 36.6 Å². The number of amides is 2. The molecule has 0 spiro atoms. The maximum atomic E-state index is 12.0. The van der Waals surface area contributed by atoms with E-state index in [0.717, 1.165) is 23.3 Å². The van der Waals surface area contributed by atoms with Gasteiger partial charge in [-0.2, -0.15) is 0 Å². The molecule has 0 saturated carbocycles. The third-order valence-electron chi connectivity index (χ3n) is 4.00. The lowest BCUT2D eigenvalue weighted by molar-refractivity contribution is -0.120. The molecule has 0 bridgehead atoms. The van der Waals surface area contributed by atoms with Crippen molar-refractivity contribution in [3.63, 3.8) is 0 Å². The summed E-state index contributed by atoms with van der Waals surface area (Å²) in [6, 6.07) is 12.1. The van der Waals surface area contributed by atoms with Gasteiger partial charge in [0.2, 0.25) is 5.91 Å². The topological polar surface area (TPSA) is 87.7 Å². The minimum atomic E-state index is -0.369. The number of phenolic OH excluding ortho intramolecular Hbond substituents is 1. The monoisotopic (exact) mass is 340 g/mol. The number of fused-ring (bicyclic) bond motifs is 1. The van der Waals surface area contributed by atoms with Gasteiger partial charge < -0.3 is 20.5 Å². The molecular weight excluding hydrogens is 320 g/mol. The fraction of sp³-hybridized carbons (Fsp3) is 0.263. The second-order valence-electron chi connectivity index (χ2n) is 5.84. The van der Waals surface area contributed by atoms with Gasteiger partial charge in [0.15, 0.2) is 0 Å². The van der Waals surface area contributed by atoms with E-state index in [1.165, 1.54) is 6.07 Å². The van der Waals surface area contributed by atoms with Gasteiger partial charge in [-0.3, -0.25) is 9.59 Å². The molecule has 2 amide bonds. The summed E-state index contributed by atoms with van der Waals surface area (Å²) < 4.78 is 5.45. The highest BCUT2D eigenvalue weighted by molar-refractivity contribution is 5.96. The Morgan fingerprint density at radius 3 is 2.72 bits per heavy atom. The quantitative estimate of drug-likeness (QED) is 0.694. The van der Waals surface area contributed by atoms with E-state index in [1.807, 2.05) is 18.2 Å². The number of phenols is 1. The molecule has 0 saturated heterocycles. The van der Waals surface area contributed by atoms with E-state index >= 15 is 0 Å². The minimum absolute atomic E-state index is 0.0652. The zero-order valence-electron chi connectivity index (χ0n) is 13.7. The molecule has 6 nitrogen and oxygen atoms in total. The normalized spacial score (nSPS) is 12.2. The van der Waals surface area contributed by atoms with Crippen molar-refractivity contribution < 1.29 is 19.4 Å². The van der Waals surface area contributed by atoms with Gasteiger partial charge in [-0.05, 0) is 29.3 Å². The van der Waals surface area contributed by atoms with Crippen LogP contribution in [0.4, 0.5) is 0 Å². The first-order chi connectivity index (χ1) is 12.1. The van der Waals surface area contributed by atoms with E-state index in [4.69, 9.17) is 4.74 Å². The summed E-state index contributed by atoms with van der Waals surface area (Å²) in [4.78, 5) is 23.9. The number of rotatable bonds is 6. The summed E-state index contributed by atoms with van der Waals surface area (Å²) in [7, 11) is 0. The number of carbonyl (C=O) groups is 2. The fourth-order valence-corrected chi connectivity index (χ4v) is 2.74. The smallest absolute Gasteiger partial charge is 0.255 e. The third kappa shape index (κ3) is 4.29. The second-order valence-corrected chi connectivity index (χ2v) is 5.84. The lowest BCUT2D eigenvalue weighted by Crippen LogP contribution is -2.35. The van der Waals surface area contributed by atoms with Gasteiger partial charge in [0.25, 0.3) is 5.91 Å². The maximum Gasteiger partial charge on any atom is 0.255 e. The van der Waals surface area contributed by atoms with Gasteiger partial charge in [-0.1, -0.05) is 24.3 Å². The zero-order valence-corrected chi connectivity index (χ0v) is 13.7. The average Bonchev–Trinajstić information content (AvgIpc) is 3.06. The van der Waals surface area contributed by atoms with E-state index < -0.39 is 0 Å². The molecule has 6 heteroatoms. The van der Waals surface area contributed by atoms with Crippen molar-refractivity contribution in [2.24, 2.45) is 0 Å². The Kier molecular flexibility index (Phi) is 5.18. The molecule has 1 aliphatic heterocycles. The van der Waals surface area contributed by atoms with Crippen LogP contribution >= 0.6 is 0 Å². The lowest BCUT2D eigenvalue weighted by Gasteiger charge is -2.08. The number of benzene rings is 2. The van der Waals surface area contributed by atoms with Crippen LogP contribution in [-0.2, 0) is 17.6 Å². The van der Waals surface area contributed by atoms with Crippen LogP contribution in [0.3, 0.4) is 0 Å². The number of carbonyl (C=O) groups excluding carboxylic acids is 2. The molecule has 3 rings (SSSR count). The van der Waals surface area contributed by atoms with E-state index in [1.54, 1.807) is 18.2 Å². The first-order valence-electron chi connectivity index (χ1n) is 8.21. The Morgan fingerprint density at radius 1 is 1.08 bits per heavy atom. The summed E-state index contributed by atoms with van der Waals surface area (Å²) in [6.45, 7) is 1.31. The van der Waals surface area contributed by atoms with Crippen LogP contribution in [0.15, 0.2) is 42.5 Å². The molecule has 0 unspecified atom stereocenters. The number of aromatic hydroxyl groups is 1. The molecule has 2 aromatic carbocycles. The van der Waals surface area contributed by atoms with Gasteiger partial charge in [0.05, 0.1) is 18.6 Å². The molecule has 3 N–H and O–H groups in total. The highest BCUT2D eigenvalue weighted by Gasteiger charge is 2.13. The molecule has 0 atom stereocenters. The van der Waals surface area contributed by atoms with Gasteiger partial charge >= 0.3 is 0 Å². The van der Waals surface area contributed by atoms with Gasteiger partial charge in [-0.15, -0.1) is 0 Å². The summed E-state index contributed by atoms with van der Waals surface area (Å²) in [5, 5.41) is 15.1. The van der Waals surface area contributed by atoms with E-state index in [-0.39, 0.29) is 29.7 Å². The molecule has 0 aromatic heterocycles. The number of para-hydroxylation sites is 1. The van der Waals surface area contributed by atoms with Crippen molar-refractivity contribution in [1.29, 1.82) is 0 Å². The Hall–Kier alpha value is -3.02. The van der Waals surface area contributed by atoms with E-state index in [0.29, 0.717) is 19.6 Å². The predicted octanol–water partition coefficient (Wildman–Crippen LogP) is 1.42. The van der Waals surface area contributed by atoms with Crippen LogP contribution in [0.25, 0.3) is 0 Å². The van der Waals surface area contributed by atoms with Crippen molar-refractivity contribution >= 4 is 11.8 Å².